The molecule has 29 heavy (non-hydrogen) atoms. The molecule has 0 aliphatic carbocycles. The smallest absolute Gasteiger partial charge is 0.321 e. The molecule has 0 atom stereocenters. The molecular weight excluding hydrogens is 424 g/mol. The molecule has 0 fully saturated rings. The zero-order chi connectivity index (χ0) is 22.3. The molecule has 0 heterocycles. The first kappa shape index (κ1) is 22.5. The molecule has 2 nitrogen and oxygen atoms in total. The molecule has 2 aromatic rings. The van der Waals surface area contributed by atoms with Crippen molar-refractivity contribution in [3.05, 3.63) is 63.7 Å². The summed E-state index contributed by atoms with van der Waals surface area (Å²) in [5.41, 5.74) is -6.31. The van der Waals surface area contributed by atoms with E-state index in [1.54, 1.807) is 0 Å². The van der Waals surface area contributed by atoms with Gasteiger partial charge in [0, 0.05) is 0 Å². The third-order valence-corrected chi connectivity index (χ3v) is 3.73. The molecule has 1 N–H and O–H groups in total. The molecule has 0 aromatic heterocycles. The highest BCUT2D eigenvalue weighted by Crippen LogP contribution is 2.38. The maximum Gasteiger partial charge on any atom is 0.422 e. The van der Waals surface area contributed by atoms with Gasteiger partial charge in [-0.1, -0.05) is 17.7 Å². The minimum absolute atomic E-state index is 0.296. The Kier molecular flexibility index (Phi) is 5.87. The van der Waals surface area contributed by atoms with E-state index < -0.39 is 70.3 Å². The number of hydrogen-bond acceptors (Lipinski definition) is 1. The molecule has 1 amide bonds. The van der Waals surface area contributed by atoms with Crippen LogP contribution in [0.15, 0.2) is 18.2 Å². The Morgan fingerprint density at radius 2 is 1.38 bits per heavy atom. The summed E-state index contributed by atoms with van der Waals surface area (Å²) in [5, 5.41) is 1.28. The Bertz CT molecular complexity index is 933. The average molecular weight is 433 g/mol. The minimum Gasteiger partial charge on any atom is -0.321 e. The maximum atomic E-state index is 13.8. The van der Waals surface area contributed by atoms with Crippen LogP contribution in [0, 0.1) is 30.2 Å². The molecule has 0 radical (unpaired) electrons. The number of hydrogen-bond donors (Lipinski definition) is 1. The lowest BCUT2D eigenvalue weighted by Crippen LogP contribution is -2.22. The number of rotatable bonds is 3. The van der Waals surface area contributed by atoms with Crippen LogP contribution in [-0.4, -0.2) is 5.91 Å². The fourth-order valence-electron chi connectivity index (χ4n) is 2.49. The standard InChI is InChI=1S/C17H9F10NO/c1-6-2-3-8(16(22,23)24)7(4-6)5-9(29)28-15-13(20)11(18)10(17(25,26)27)12(19)14(15)21/h2-4H,5H2,1H3,(H,28,29). The molecule has 12 heteroatoms. The van der Waals surface area contributed by atoms with Crippen LogP contribution < -0.4 is 5.32 Å². The van der Waals surface area contributed by atoms with Gasteiger partial charge >= 0.3 is 12.4 Å². The van der Waals surface area contributed by atoms with Crippen molar-refractivity contribution in [2.45, 2.75) is 25.7 Å². The van der Waals surface area contributed by atoms with Crippen molar-refractivity contribution in [2.75, 3.05) is 5.32 Å². The number of aryl methyl sites for hydroxylation is 1. The number of benzene rings is 2. The van der Waals surface area contributed by atoms with Crippen LogP contribution in [0.1, 0.15) is 22.3 Å². The average Bonchev–Trinajstić information content (AvgIpc) is 2.54. The number of carbonyl (C=O) groups is 1. The Hall–Kier alpha value is -2.79. The first-order valence-electron chi connectivity index (χ1n) is 7.54. The van der Waals surface area contributed by atoms with Crippen LogP contribution in [-0.2, 0) is 23.6 Å². The summed E-state index contributed by atoms with van der Waals surface area (Å²) in [4.78, 5) is 11.9. The molecule has 2 aromatic carbocycles. The van der Waals surface area contributed by atoms with E-state index in [-0.39, 0.29) is 0 Å². The lowest BCUT2D eigenvalue weighted by molar-refractivity contribution is -0.143. The second-order valence-corrected chi connectivity index (χ2v) is 5.89. The van der Waals surface area contributed by atoms with Gasteiger partial charge in [-0.3, -0.25) is 4.79 Å². The first-order chi connectivity index (χ1) is 13.1. The highest BCUT2D eigenvalue weighted by atomic mass is 19.4. The second-order valence-electron chi connectivity index (χ2n) is 5.89. The van der Waals surface area contributed by atoms with Gasteiger partial charge in [0.25, 0.3) is 0 Å². The Labute approximate surface area is 156 Å². The van der Waals surface area contributed by atoms with Crippen LogP contribution in [0.5, 0.6) is 0 Å². The molecule has 0 unspecified atom stereocenters. The predicted molar refractivity (Wildman–Crippen MR) is 79.8 cm³/mol. The fourth-order valence-corrected chi connectivity index (χ4v) is 2.49. The highest BCUT2D eigenvalue weighted by Gasteiger charge is 2.42. The van der Waals surface area contributed by atoms with Gasteiger partial charge in [-0.25, -0.2) is 17.6 Å². The molecule has 0 spiro atoms. The van der Waals surface area contributed by atoms with Gasteiger partial charge in [0.1, 0.15) is 11.3 Å². The van der Waals surface area contributed by atoms with Crippen molar-refractivity contribution < 1.29 is 48.7 Å². The van der Waals surface area contributed by atoms with Gasteiger partial charge in [0.15, 0.2) is 23.3 Å². The summed E-state index contributed by atoms with van der Waals surface area (Å²) in [6.45, 7) is 1.39. The Morgan fingerprint density at radius 1 is 0.862 bits per heavy atom. The van der Waals surface area contributed by atoms with Gasteiger partial charge in [0.2, 0.25) is 5.91 Å². The monoisotopic (exact) mass is 433 g/mol. The van der Waals surface area contributed by atoms with Crippen LogP contribution >= 0.6 is 0 Å². The van der Waals surface area contributed by atoms with Crippen molar-refractivity contribution in [1.29, 1.82) is 0 Å². The van der Waals surface area contributed by atoms with E-state index in [2.05, 4.69) is 0 Å². The minimum atomic E-state index is -5.78. The van der Waals surface area contributed by atoms with Crippen molar-refractivity contribution in [2.24, 2.45) is 0 Å². The molecule has 0 saturated heterocycles. The summed E-state index contributed by atoms with van der Waals surface area (Å²) < 4.78 is 131. The summed E-state index contributed by atoms with van der Waals surface area (Å²) in [5.74, 6) is -12.3. The van der Waals surface area contributed by atoms with E-state index in [9.17, 15) is 48.7 Å². The number of nitrogens with one attached hydrogen (secondary N) is 1. The molecule has 2 rings (SSSR count). The zero-order valence-electron chi connectivity index (χ0n) is 14.1. The van der Waals surface area contributed by atoms with Crippen LogP contribution in [0.2, 0.25) is 0 Å². The van der Waals surface area contributed by atoms with Gasteiger partial charge in [0.05, 0.1) is 12.0 Å². The van der Waals surface area contributed by atoms with Crippen molar-refractivity contribution in [3.63, 3.8) is 0 Å². The number of carbonyl (C=O) groups excluding carboxylic acids is 1. The van der Waals surface area contributed by atoms with Gasteiger partial charge in [-0.15, -0.1) is 0 Å². The molecule has 158 valence electrons. The van der Waals surface area contributed by atoms with Crippen molar-refractivity contribution in [1.82, 2.24) is 0 Å². The van der Waals surface area contributed by atoms with Gasteiger partial charge in [-0.05, 0) is 18.6 Å². The molecule has 0 aliphatic heterocycles. The third-order valence-electron chi connectivity index (χ3n) is 3.73. The predicted octanol–water partition coefficient (Wildman–Crippen LogP) is 5.77. The highest BCUT2D eigenvalue weighted by molar-refractivity contribution is 5.92. The van der Waals surface area contributed by atoms with E-state index in [0.717, 1.165) is 12.1 Å². The molecule has 0 saturated carbocycles. The van der Waals surface area contributed by atoms with E-state index in [1.807, 2.05) is 0 Å². The Morgan fingerprint density at radius 3 is 1.83 bits per heavy atom. The number of anilines is 1. The van der Waals surface area contributed by atoms with Gasteiger partial charge < -0.3 is 5.32 Å². The lowest BCUT2D eigenvalue weighted by atomic mass is 10.0. The normalized spacial score (nSPS) is 12.2. The van der Waals surface area contributed by atoms with Crippen molar-refractivity contribution in [3.8, 4) is 0 Å². The quantitative estimate of drug-likeness (QED) is 0.483. The number of halogens is 10. The number of alkyl halides is 6. The first-order valence-corrected chi connectivity index (χ1v) is 7.54. The summed E-state index contributed by atoms with van der Waals surface area (Å²) in [6, 6.07) is 2.68. The summed E-state index contributed by atoms with van der Waals surface area (Å²) in [7, 11) is 0. The van der Waals surface area contributed by atoms with E-state index >= 15 is 0 Å². The molecule has 0 aliphatic rings. The van der Waals surface area contributed by atoms with Crippen molar-refractivity contribution >= 4 is 11.6 Å². The zero-order valence-corrected chi connectivity index (χ0v) is 14.1. The Balaban J connectivity index is 2.42. The third kappa shape index (κ3) is 4.62. The molecule has 0 bridgehead atoms. The van der Waals surface area contributed by atoms with Crippen LogP contribution in [0.25, 0.3) is 0 Å². The SMILES string of the molecule is Cc1ccc(C(F)(F)F)c(CC(=O)Nc2c(F)c(F)c(C(F)(F)F)c(F)c2F)c1. The topological polar surface area (TPSA) is 29.1 Å². The largest absolute Gasteiger partial charge is 0.422 e. The van der Waals surface area contributed by atoms with Crippen LogP contribution in [0.3, 0.4) is 0 Å². The number of amides is 1. The summed E-state index contributed by atoms with van der Waals surface area (Å²) in [6.07, 6.45) is -11.8. The van der Waals surface area contributed by atoms with Gasteiger partial charge in [-0.2, -0.15) is 26.3 Å². The van der Waals surface area contributed by atoms with Crippen LogP contribution in [0.4, 0.5) is 49.6 Å². The lowest BCUT2D eigenvalue weighted by Gasteiger charge is -2.16. The summed E-state index contributed by atoms with van der Waals surface area (Å²) >= 11 is 0. The fraction of sp³-hybridized carbons (Fsp3) is 0.235. The van der Waals surface area contributed by atoms with E-state index in [0.29, 0.717) is 11.6 Å². The van der Waals surface area contributed by atoms with E-state index in [1.165, 1.54) is 12.2 Å². The molecular formula is C17H9F10NO. The van der Waals surface area contributed by atoms with E-state index in [4.69, 9.17) is 0 Å². The maximum absolute atomic E-state index is 13.8. The second kappa shape index (κ2) is 7.56.